The van der Waals surface area contributed by atoms with Crippen LogP contribution in [-0.4, -0.2) is 33.7 Å². The van der Waals surface area contributed by atoms with Gasteiger partial charge < -0.3 is 19.2 Å². The van der Waals surface area contributed by atoms with Crippen molar-refractivity contribution in [2.45, 2.75) is 13.0 Å². The third-order valence-corrected chi connectivity index (χ3v) is 4.05. The standard InChI is InChI=1S/C18H20N4O3/c1-21-10-8-15-17(18(21)24)22(12-20-15)11-16(23)19-9-7-13-3-5-14(25-2)6-4-13/h3-6,8,10,12H,7,9,11H2,1-2H3,(H,19,23). The zero-order valence-electron chi connectivity index (χ0n) is 14.2. The minimum Gasteiger partial charge on any atom is -0.497 e. The number of hydrogen-bond acceptors (Lipinski definition) is 4. The zero-order valence-corrected chi connectivity index (χ0v) is 14.2. The molecule has 0 radical (unpaired) electrons. The number of methoxy groups -OCH3 is 1. The van der Waals surface area contributed by atoms with Crippen molar-refractivity contribution in [2.24, 2.45) is 7.05 Å². The van der Waals surface area contributed by atoms with E-state index in [9.17, 15) is 9.59 Å². The van der Waals surface area contributed by atoms with Gasteiger partial charge in [-0.05, 0) is 30.2 Å². The molecule has 3 rings (SSSR count). The van der Waals surface area contributed by atoms with E-state index in [1.54, 1.807) is 31.0 Å². The molecule has 0 aliphatic carbocycles. The number of carbonyl (C=O) groups excluding carboxylic acids is 1. The van der Waals surface area contributed by atoms with Gasteiger partial charge in [-0.15, -0.1) is 0 Å². The topological polar surface area (TPSA) is 78.2 Å². The van der Waals surface area contributed by atoms with Crippen LogP contribution in [0.4, 0.5) is 0 Å². The lowest BCUT2D eigenvalue weighted by molar-refractivity contribution is -0.121. The number of rotatable bonds is 6. The zero-order chi connectivity index (χ0) is 17.8. The SMILES string of the molecule is COc1ccc(CCNC(=O)Cn2cnc3ccn(C)c(=O)c32)cc1. The van der Waals surface area contributed by atoms with Crippen LogP contribution in [0.15, 0.2) is 47.7 Å². The van der Waals surface area contributed by atoms with Crippen LogP contribution in [0.2, 0.25) is 0 Å². The molecule has 7 nitrogen and oxygen atoms in total. The van der Waals surface area contributed by atoms with Gasteiger partial charge in [0.05, 0.1) is 19.0 Å². The van der Waals surface area contributed by atoms with Crippen LogP contribution in [0.5, 0.6) is 5.75 Å². The Morgan fingerprint density at radius 3 is 2.72 bits per heavy atom. The highest BCUT2D eigenvalue weighted by Crippen LogP contribution is 2.11. The van der Waals surface area contributed by atoms with Gasteiger partial charge in [0, 0.05) is 19.8 Å². The summed E-state index contributed by atoms with van der Waals surface area (Å²) in [5.41, 5.74) is 1.98. The number of ether oxygens (including phenoxy) is 1. The minimum absolute atomic E-state index is 0.0678. The molecular formula is C18H20N4O3. The maximum atomic E-state index is 12.2. The number of fused-ring (bicyclic) bond motifs is 1. The monoisotopic (exact) mass is 340 g/mol. The maximum Gasteiger partial charge on any atom is 0.276 e. The predicted octanol–water partition coefficient (Wildman–Crippen LogP) is 1.10. The van der Waals surface area contributed by atoms with Gasteiger partial charge in [-0.25, -0.2) is 4.98 Å². The molecule has 0 spiro atoms. The largest absolute Gasteiger partial charge is 0.497 e. The summed E-state index contributed by atoms with van der Waals surface area (Å²) in [6.07, 6.45) is 3.91. The number of pyridine rings is 1. The van der Waals surface area contributed by atoms with E-state index in [1.165, 1.54) is 10.9 Å². The number of imidazole rings is 1. The number of nitrogens with zero attached hydrogens (tertiary/aromatic N) is 3. The first kappa shape index (κ1) is 16.8. The lowest BCUT2D eigenvalue weighted by Crippen LogP contribution is -2.30. The minimum atomic E-state index is -0.166. The van der Waals surface area contributed by atoms with Crippen LogP contribution in [0.1, 0.15) is 5.56 Å². The van der Waals surface area contributed by atoms with Crippen LogP contribution in [0, 0.1) is 0 Å². The number of carbonyl (C=O) groups is 1. The van der Waals surface area contributed by atoms with Gasteiger partial charge in [0.15, 0.2) is 0 Å². The Morgan fingerprint density at radius 2 is 2.00 bits per heavy atom. The summed E-state index contributed by atoms with van der Waals surface area (Å²) in [5.74, 6) is 0.653. The second kappa shape index (κ2) is 7.21. The van der Waals surface area contributed by atoms with Gasteiger partial charge in [0.1, 0.15) is 17.8 Å². The fourth-order valence-electron chi connectivity index (χ4n) is 2.64. The fraction of sp³-hybridized carbons (Fsp3) is 0.278. The first-order chi connectivity index (χ1) is 12.1. The van der Waals surface area contributed by atoms with Crippen LogP contribution in [-0.2, 0) is 24.8 Å². The van der Waals surface area contributed by atoms with Crippen molar-refractivity contribution < 1.29 is 9.53 Å². The lowest BCUT2D eigenvalue weighted by Gasteiger charge is -2.07. The number of aryl methyl sites for hydroxylation is 1. The van der Waals surface area contributed by atoms with Gasteiger partial charge in [0.2, 0.25) is 5.91 Å². The summed E-state index contributed by atoms with van der Waals surface area (Å²) in [5, 5.41) is 2.87. The summed E-state index contributed by atoms with van der Waals surface area (Å²) < 4.78 is 8.18. The third kappa shape index (κ3) is 3.71. The van der Waals surface area contributed by atoms with E-state index in [0.717, 1.165) is 17.7 Å². The Balaban J connectivity index is 1.59. The second-order valence-electron chi connectivity index (χ2n) is 5.79. The van der Waals surface area contributed by atoms with Gasteiger partial charge in [-0.3, -0.25) is 9.59 Å². The van der Waals surface area contributed by atoms with E-state index in [-0.39, 0.29) is 18.0 Å². The van der Waals surface area contributed by atoms with Gasteiger partial charge in [-0.1, -0.05) is 12.1 Å². The van der Waals surface area contributed by atoms with Crippen LogP contribution >= 0.6 is 0 Å². The van der Waals surface area contributed by atoms with Crippen LogP contribution < -0.4 is 15.6 Å². The Morgan fingerprint density at radius 1 is 1.24 bits per heavy atom. The predicted molar refractivity (Wildman–Crippen MR) is 94.7 cm³/mol. The number of amides is 1. The molecule has 0 unspecified atom stereocenters. The van der Waals surface area contributed by atoms with Crippen molar-refractivity contribution in [1.29, 1.82) is 0 Å². The van der Waals surface area contributed by atoms with Crippen molar-refractivity contribution in [3.8, 4) is 5.75 Å². The second-order valence-corrected chi connectivity index (χ2v) is 5.79. The summed E-state index contributed by atoms with van der Waals surface area (Å²) in [6, 6.07) is 9.49. The Kier molecular flexibility index (Phi) is 4.83. The van der Waals surface area contributed by atoms with Crippen LogP contribution in [0.25, 0.3) is 11.0 Å². The molecule has 7 heteroatoms. The van der Waals surface area contributed by atoms with Crippen molar-refractivity contribution >= 4 is 16.9 Å². The summed E-state index contributed by atoms with van der Waals surface area (Å²) in [4.78, 5) is 28.5. The average molecular weight is 340 g/mol. The summed E-state index contributed by atoms with van der Waals surface area (Å²) in [6.45, 7) is 0.591. The lowest BCUT2D eigenvalue weighted by atomic mass is 10.1. The molecule has 0 saturated carbocycles. The molecule has 0 aliphatic heterocycles. The van der Waals surface area contributed by atoms with Crippen molar-refractivity contribution in [1.82, 2.24) is 19.4 Å². The van der Waals surface area contributed by atoms with Crippen molar-refractivity contribution in [3.05, 3.63) is 58.8 Å². The third-order valence-electron chi connectivity index (χ3n) is 4.05. The van der Waals surface area contributed by atoms with Crippen molar-refractivity contribution in [3.63, 3.8) is 0 Å². The molecule has 2 heterocycles. The van der Waals surface area contributed by atoms with Gasteiger partial charge >= 0.3 is 0 Å². The maximum absolute atomic E-state index is 12.2. The first-order valence-corrected chi connectivity index (χ1v) is 7.98. The Labute approximate surface area is 144 Å². The molecule has 0 fully saturated rings. The molecule has 0 saturated heterocycles. The molecule has 3 aromatic rings. The molecule has 1 N–H and O–H groups in total. The summed E-state index contributed by atoms with van der Waals surface area (Å²) >= 11 is 0. The highest BCUT2D eigenvalue weighted by molar-refractivity contribution is 5.79. The van der Waals surface area contributed by atoms with Crippen molar-refractivity contribution in [2.75, 3.05) is 13.7 Å². The fourth-order valence-corrected chi connectivity index (χ4v) is 2.64. The first-order valence-electron chi connectivity index (χ1n) is 7.98. The molecule has 1 amide bonds. The smallest absolute Gasteiger partial charge is 0.276 e. The van der Waals surface area contributed by atoms with E-state index >= 15 is 0 Å². The highest BCUT2D eigenvalue weighted by Gasteiger charge is 2.11. The van der Waals surface area contributed by atoms with E-state index in [4.69, 9.17) is 4.74 Å². The number of nitrogens with one attached hydrogen (secondary N) is 1. The molecule has 0 aliphatic rings. The molecule has 0 bridgehead atoms. The van der Waals surface area contributed by atoms with E-state index in [1.807, 2.05) is 24.3 Å². The van der Waals surface area contributed by atoms with E-state index in [2.05, 4.69) is 10.3 Å². The normalized spacial score (nSPS) is 10.8. The molecule has 2 aromatic heterocycles. The van der Waals surface area contributed by atoms with E-state index in [0.29, 0.717) is 17.6 Å². The number of hydrogen-bond donors (Lipinski definition) is 1. The molecule has 25 heavy (non-hydrogen) atoms. The number of aromatic nitrogens is 3. The van der Waals surface area contributed by atoms with Crippen LogP contribution in [0.3, 0.4) is 0 Å². The van der Waals surface area contributed by atoms with Gasteiger partial charge in [-0.2, -0.15) is 0 Å². The Hall–Kier alpha value is -3.09. The molecule has 0 atom stereocenters. The quantitative estimate of drug-likeness (QED) is 0.729. The Bertz CT molecular complexity index is 941. The molecule has 1 aromatic carbocycles. The van der Waals surface area contributed by atoms with Gasteiger partial charge in [0.25, 0.3) is 5.56 Å². The molecular weight excluding hydrogens is 320 g/mol. The summed E-state index contributed by atoms with van der Waals surface area (Å²) in [7, 11) is 3.30. The molecule has 130 valence electrons. The number of benzene rings is 1. The average Bonchev–Trinajstić information content (AvgIpc) is 3.02. The highest BCUT2D eigenvalue weighted by atomic mass is 16.5. The van der Waals surface area contributed by atoms with E-state index < -0.39 is 0 Å².